The summed E-state index contributed by atoms with van der Waals surface area (Å²) in [6.07, 6.45) is 0. The highest BCUT2D eigenvalue weighted by molar-refractivity contribution is 9.10. The van der Waals surface area contributed by atoms with E-state index < -0.39 is 9.84 Å². The summed E-state index contributed by atoms with van der Waals surface area (Å²) in [7, 11) is -1.22. The molecule has 0 saturated carbocycles. The Hall–Kier alpha value is -0.750. The number of ether oxygens (including phenoxy) is 1. The van der Waals surface area contributed by atoms with Crippen molar-refractivity contribution < 1.29 is 13.2 Å². The van der Waals surface area contributed by atoms with Gasteiger partial charge in [0.1, 0.15) is 5.75 Å². The lowest BCUT2D eigenvalue weighted by atomic mass is 10.2. The second kappa shape index (κ2) is 4.86. The third kappa shape index (κ3) is 3.13. The van der Waals surface area contributed by atoms with Gasteiger partial charge in [0, 0.05) is 29.3 Å². The minimum Gasteiger partial charge on any atom is -0.497 e. The topological polar surface area (TPSA) is 46.6 Å². The van der Waals surface area contributed by atoms with E-state index in [1.54, 1.807) is 7.11 Å². The first-order valence-electron chi connectivity index (χ1n) is 5.30. The van der Waals surface area contributed by atoms with Gasteiger partial charge in [-0.25, -0.2) is 8.42 Å². The first kappa shape index (κ1) is 12.7. The quantitative estimate of drug-likeness (QED) is 0.832. The van der Waals surface area contributed by atoms with Crippen LogP contribution in [0.5, 0.6) is 5.75 Å². The Balaban J connectivity index is 2.21. The molecule has 1 aromatic rings. The van der Waals surface area contributed by atoms with Gasteiger partial charge in [0.15, 0.2) is 9.84 Å². The number of sulfone groups is 1. The highest BCUT2D eigenvalue weighted by Crippen LogP contribution is 2.28. The fourth-order valence-corrected chi connectivity index (χ4v) is 3.48. The second-order valence-corrected chi connectivity index (χ2v) is 7.21. The minimum atomic E-state index is -2.83. The van der Waals surface area contributed by atoms with Crippen molar-refractivity contribution in [2.45, 2.75) is 0 Å². The summed E-state index contributed by atoms with van der Waals surface area (Å²) in [4.78, 5) is 2.06. The molecule has 4 nitrogen and oxygen atoms in total. The number of benzene rings is 1. The molecule has 0 amide bonds. The van der Waals surface area contributed by atoms with Gasteiger partial charge in [0.25, 0.3) is 0 Å². The summed E-state index contributed by atoms with van der Waals surface area (Å²) in [5.74, 6) is 1.21. The molecule has 0 radical (unpaired) electrons. The van der Waals surface area contributed by atoms with Gasteiger partial charge >= 0.3 is 0 Å². The maximum atomic E-state index is 11.4. The van der Waals surface area contributed by atoms with Crippen LogP contribution in [0.2, 0.25) is 0 Å². The van der Waals surface area contributed by atoms with Crippen LogP contribution in [0.1, 0.15) is 0 Å². The molecule has 0 bridgehead atoms. The number of methoxy groups -OCH3 is 1. The van der Waals surface area contributed by atoms with Gasteiger partial charge in [0.05, 0.1) is 18.6 Å². The summed E-state index contributed by atoms with van der Waals surface area (Å²) >= 11 is 3.42. The molecular formula is C11H14BrNO3S. The van der Waals surface area contributed by atoms with E-state index in [1.165, 1.54) is 0 Å². The zero-order chi connectivity index (χ0) is 12.5. The molecule has 1 heterocycles. The molecule has 6 heteroatoms. The van der Waals surface area contributed by atoms with Crippen molar-refractivity contribution in [3.8, 4) is 5.75 Å². The number of anilines is 1. The standard InChI is InChI=1S/C11H14BrNO3S/c1-16-11-7-9(12)6-10(8-11)13-2-4-17(14,15)5-3-13/h6-8H,2-5H2,1H3. The van der Waals surface area contributed by atoms with Crippen molar-refractivity contribution in [2.24, 2.45) is 0 Å². The Kier molecular flexibility index (Phi) is 3.63. The lowest BCUT2D eigenvalue weighted by Gasteiger charge is -2.29. The first-order valence-corrected chi connectivity index (χ1v) is 7.91. The van der Waals surface area contributed by atoms with Crippen molar-refractivity contribution in [1.82, 2.24) is 0 Å². The van der Waals surface area contributed by atoms with Crippen LogP contribution in [0.15, 0.2) is 22.7 Å². The Morgan fingerprint density at radius 3 is 2.47 bits per heavy atom. The maximum Gasteiger partial charge on any atom is 0.153 e. The van der Waals surface area contributed by atoms with E-state index in [0.29, 0.717) is 13.1 Å². The van der Waals surface area contributed by atoms with Crippen molar-refractivity contribution in [3.05, 3.63) is 22.7 Å². The molecule has 2 rings (SSSR count). The molecule has 0 spiro atoms. The van der Waals surface area contributed by atoms with E-state index in [4.69, 9.17) is 4.74 Å². The largest absolute Gasteiger partial charge is 0.497 e. The average Bonchev–Trinajstić information content (AvgIpc) is 2.28. The van der Waals surface area contributed by atoms with Crippen LogP contribution in [0, 0.1) is 0 Å². The van der Waals surface area contributed by atoms with Crippen LogP contribution in [0.25, 0.3) is 0 Å². The molecule has 0 atom stereocenters. The average molecular weight is 320 g/mol. The Morgan fingerprint density at radius 2 is 1.88 bits per heavy atom. The number of halogens is 1. The lowest BCUT2D eigenvalue weighted by Crippen LogP contribution is -2.40. The van der Waals surface area contributed by atoms with Gasteiger partial charge in [-0.3, -0.25) is 0 Å². The molecule has 0 aliphatic carbocycles. The van der Waals surface area contributed by atoms with E-state index in [9.17, 15) is 8.42 Å². The third-order valence-corrected chi connectivity index (χ3v) is 4.87. The molecule has 0 N–H and O–H groups in total. The highest BCUT2D eigenvalue weighted by Gasteiger charge is 2.22. The predicted octanol–water partition coefficient (Wildman–Crippen LogP) is 1.69. The smallest absolute Gasteiger partial charge is 0.153 e. The van der Waals surface area contributed by atoms with Gasteiger partial charge in [-0.15, -0.1) is 0 Å². The molecule has 0 unspecified atom stereocenters. The summed E-state index contributed by atoms with van der Waals surface area (Å²) in [6.45, 7) is 1.09. The molecule has 1 aromatic carbocycles. The van der Waals surface area contributed by atoms with E-state index in [2.05, 4.69) is 20.8 Å². The molecule has 1 fully saturated rings. The van der Waals surface area contributed by atoms with Crippen molar-refractivity contribution >= 4 is 31.5 Å². The van der Waals surface area contributed by atoms with Crippen LogP contribution in [0.3, 0.4) is 0 Å². The Bertz CT molecular complexity index is 501. The molecule has 17 heavy (non-hydrogen) atoms. The van der Waals surface area contributed by atoms with Crippen LogP contribution in [0.4, 0.5) is 5.69 Å². The summed E-state index contributed by atoms with van der Waals surface area (Å²) in [5.41, 5.74) is 0.992. The van der Waals surface area contributed by atoms with Crippen molar-refractivity contribution in [1.29, 1.82) is 0 Å². The SMILES string of the molecule is COc1cc(Br)cc(N2CCS(=O)(=O)CC2)c1. The summed E-state index contributed by atoms with van der Waals surface area (Å²) in [5, 5.41) is 0. The molecule has 1 saturated heterocycles. The number of nitrogens with zero attached hydrogens (tertiary/aromatic N) is 1. The summed E-state index contributed by atoms with van der Waals surface area (Å²) < 4.78 is 28.8. The van der Waals surface area contributed by atoms with Gasteiger partial charge in [-0.2, -0.15) is 0 Å². The Labute approximate surface area is 110 Å². The number of hydrogen-bond donors (Lipinski definition) is 0. The van der Waals surface area contributed by atoms with Gasteiger partial charge in [0.2, 0.25) is 0 Å². The van der Waals surface area contributed by atoms with Crippen LogP contribution in [-0.2, 0) is 9.84 Å². The van der Waals surface area contributed by atoms with E-state index >= 15 is 0 Å². The zero-order valence-electron chi connectivity index (χ0n) is 9.52. The predicted molar refractivity (Wildman–Crippen MR) is 71.6 cm³/mol. The Morgan fingerprint density at radius 1 is 1.24 bits per heavy atom. The molecule has 1 aliphatic heterocycles. The third-order valence-electron chi connectivity index (χ3n) is 2.80. The van der Waals surface area contributed by atoms with E-state index in [1.807, 2.05) is 18.2 Å². The van der Waals surface area contributed by atoms with Crippen LogP contribution < -0.4 is 9.64 Å². The molecule has 0 aromatic heterocycles. The van der Waals surface area contributed by atoms with Crippen molar-refractivity contribution in [2.75, 3.05) is 36.6 Å². The zero-order valence-corrected chi connectivity index (χ0v) is 11.9. The molecular weight excluding hydrogens is 306 g/mol. The second-order valence-electron chi connectivity index (χ2n) is 3.99. The highest BCUT2D eigenvalue weighted by atomic mass is 79.9. The van der Waals surface area contributed by atoms with Gasteiger partial charge < -0.3 is 9.64 Å². The normalized spacial score (nSPS) is 19.1. The fraction of sp³-hybridized carbons (Fsp3) is 0.455. The lowest BCUT2D eigenvalue weighted by molar-refractivity contribution is 0.414. The van der Waals surface area contributed by atoms with E-state index in [-0.39, 0.29) is 11.5 Å². The maximum absolute atomic E-state index is 11.4. The monoisotopic (exact) mass is 319 g/mol. The summed E-state index contributed by atoms with van der Waals surface area (Å²) in [6, 6.07) is 5.77. The van der Waals surface area contributed by atoms with Gasteiger partial charge in [-0.05, 0) is 12.1 Å². The van der Waals surface area contributed by atoms with Crippen LogP contribution in [-0.4, -0.2) is 40.1 Å². The van der Waals surface area contributed by atoms with Crippen molar-refractivity contribution in [3.63, 3.8) is 0 Å². The number of rotatable bonds is 2. The first-order chi connectivity index (χ1) is 8.00. The van der Waals surface area contributed by atoms with Gasteiger partial charge in [-0.1, -0.05) is 15.9 Å². The molecule has 94 valence electrons. The van der Waals surface area contributed by atoms with Crippen LogP contribution >= 0.6 is 15.9 Å². The molecule has 1 aliphatic rings. The van der Waals surface area contributed by atoms with E-state index in [0.717, 1.165) is 15.9 Å². The fourth-order valence-electron chi connectivity index (χ4n) is 1.82. The number of hydrogen-bond acceptors (Lipinski definition) is 4. The minimum absolute atomic E-state index is 0.224.